The number of nitriles is 2. The first-order valence-corrected chi connectivity index (χ1v) is 10.2. The molecule has 2 nitrogen and oxygen atoms in total. The molecule has 3 heteroatoms. The van der Waals surface area contributed by atoms with Crippen LogP contribution in [0.1, 0.15) is 40.3 Å². The molecule has 0 amide bonds. The number of benzene rings is 3. The number of hydrogen-bond acceptors (Lipinski definition) is 2. The molecule has 6 rings (SSSR count). The number of alkyl halides is 1. The third-order valence-corrected chi connectivity index (χ3v) is 9.31. The lowest BCUT2D eigenvalue weighted by Crippen LogP contribution is -2.51. The summed E-state index contributed by atoms with van der Waals surface area (Å²) in [5, 5.41) is 21.5. The first kappa shape index (κ1) is 16.1. The first-order chi connectivity index (χ1) is 13.6. The number of rotatable bonds is 0. The Morgan fingerprint density at radius 3 is 1.21 bits per heavy atom. The van der Waals surface area contributed by atoms with Crippen LogP contribution in [0.15, 0.2) is 72.8 Å². The van der Waals surface area contributed by atoms with Crippen LogP contribution < -0.4 is 0 Å². The lowest BCUT2D eigenvalue weighted by molar-refractivity contribution is 0.184. The van der Waals surface area contributed by atoms with Gasteiger partial charge in [0.05, 0.1) is 16.5 Å². The van der Waals surface area contributed by atoms with Crippen molar-refractivity contribution in [2.45, 2.75) is 22.1 Å². The molecular formula is C25H15BrN2. The Morgan fingerprint density at radius 1 is 0.607 bits per heavy atom. The molecular weight excluding hydrogens is 408 g/mol. The highest BCUT2D eigenvalue weighted by atomic mass is 79.9. The van der Waals surface area contributed by atoms with Crippen LogP contribution in [0.3, 0.4) is 0 Å². The van der Waals surface area contributed by atoms with E-state index in [1.807, 2.05) is 48.5 Å². The fourth-order valence-electron chi connectivity index (χ4n) is 6.67. The molecule has 3 aliphatic rings. The predicted molar refractivity (Wildman–Crippen MR) is 110 cm³/mol. The van der Waals surface area contributed by atoms with Crippen LogP contribution in [0.25, 0.3) is 0 Å². The second-order valence-electron chi connectivity index (χ2n) is 8.14. The van der Waals surface area contributed by atoms with E-state index in [9.17, 15) is 10.5 Å². The van der Waals surface area contributed by atoms with Crippen LogP contribution >= 0.6 is 15.9 Å². The number of nitrogens with zero attached hydrogens (tertiary/aromatic N) is 2. The van der Waals surface area contributed by atoms with Crippen LogP contribution in [-0.2, 0) is 15.2 Å². The van der Waals surface area contributed by atoms with E-state index < -0.39 is 20.6 Å². The van der Waals surface area contributed by atoms with Gasteiger partial charge < -0.3 is 0 Å². The van der Waals surface area contributed by atoms with Crippen LogP contribution in [0.4, 0.5) is 0 Å². The highest BCUT2D eigenvalue weighted by Crippen LogP contribution is 2.83. The molecule has 0 aromatic heterocycles. The van der Waals surface area contributed by atoms with Crippen molar-refractivity contribution in [1.82, 2.24) is 0 Å². The van der Waals surface area contributed by atoms with Gasteiger partial charge >= 0.3 is 0 Å². The van der Waals surface area contributed by atoms with Crippen LogP contribution in [0, 0.1) is 28.1 Å². The van der Waals surface area contributed by atoms with Gasteiger partial charge in [-0.15, -0.1) is 0 Å². The lowest BCUT2D eigenvalue weighted by atomic mass is 9.56. The molecule has 0 fully saturated rings. The van der Waals surface area contributed by atoms with E-state index in [2.05, 4.69) is 59.3 Å². The van der Waals surface area contributed by atoms with Gasteiger partial charge in [0.2, 0.25) is 0 Å². The van der Waals surface area contributed by atoms with Gasteiger partial charge in [-0.25, -0.2) is 0 Å². The van der Waals surface area contributed by atoms with Crippen LogP contribution in [0.2, 0.25) is 0 Å². The van der Waals surface area contributed by atoms with Crippen molar-refractivity contribution in [2.75, 3.05) is 0 Å². The maximum Gasteiger partial charge on any atom is 0.117 e. The van der Waals surface area contributed by atoms with Gasteiger partial charge in [0.15, 0.2) is 0 Å². The molecule has 0 spiro atoms. The fraction of sp³-hybridized carbons (Fsp3) is 0.200. The topological polar surface area (TPSA) is 47.6 Å². The molecule has 28 heavy (non-hydrogen) atoms. The molecule has 0 saturated heterocycles. The monoisotopic (exact) mass is 422 g/mol. The van der Waals surface area contributed by atoms with E-state index in [1.54, 1.807) is 0 Å². The summed E-state index contributed by atoms with van der Waals surface area (Å²) in [6.07, 6.45) is 0. The molecule has 4 atom stereocenters. The van der Waals surface area contributed by atoms with Crippen molar-refractivity contribution < 1.29 is 0 Å². The largest absolute Gasteiger partial charge is 0.197 e. The summed E-state index contributed by atoms with van der Waals surface area (Å²) < 4.78 is -0.613. The number of halogens is 1. The van der Waals surface area contributed by atoms with E-state index in [0.717, 1.165) is 33.4 Å². The minimum Gasteiger partial charge on any atom is -0.197 e. The quantitative estimate of drug-likeness (QED) is 0.462. The van der Waals surface area contributed by atoms with Crippen molar-refractivity contribution in [3.8, 4) is 12.1 Å². The second kappa shape index (κ2) is 4.57. The average Bonchev–Trinajstić information content (AvgIpc) is 3.16. The van der Waals surface area contributed by atoms with Gasteiger partial charge in [0, 0.05) is 5.41 Å². The van der Waals surface area contributed by atoms with Gasteiger partial charge in [-0.05, 0) is 33.4 Å². The SMILES string of the molecule is CC12C3(Br)c4ccccc4[C@@]1(C#N)c1ccccc1[C@@]2(C#N)c1ccccc13. The van der Waals surface area contributed by atoms with Crippen molar-refractivity contribution in [1.29, 1.82) is 10.5 Å². The minimum atomic E-state index is -0.904. The highest BCUT2D eigenvalue weighted by molar-refractivity contribution is 9.09. The zero-order chi connectivity index (χ0) is 19.4. The van der Waals surface area contributed by atoms with Gasteiger partial charge in [-0.2, -0.15) is 10.5 Å². The Morgan fingerprint density at radius 2 is 0.893 bits per heavy atom. The smallest absolute Gasteiger partial charge is 0.117 e. The first-order valence-electron chi connectivity index (χ1n) is 9.37. The summed E-state index contributed by atoms with van der Waals surface area (Å²) >= 11 is 4.16. The lowest BCUT2D eigenvalue weighted by Gasteiger charge is -2.44. The normalized spacial score (nSPS) is 35.3. The number of hydrogen-bond donors (Lipinski definition) is 0. The minimum absolute atomic E-state index is 0.613. The van der Waals surface area contributed by atoms with Crippen LogP contribution in [0.5, 0.6) is 0 Å². The molecule has 2 unspecified atom stereocenters. The van der Waals surface area contributed by atoms with Crippen molar-refractivity contribution in [2.24, 2.45) is 5.41 Å². The van der Waals surface area contributed by atoms with Crippen LogP contribution in [-0.4, -0.2) is 0 Å². The van der Waals surface area contributed by atoms with Gasteiger partial charge in [-0.1, -0.05) is 95.7 Å². The molecule has 3 aliphatic carbocycles. The standard InChI is InChI=1S/C25H15BrN2/c1-22-23(14-27)16-8-2-3-9-17(16)24(22,15-28)19-11-5-7-13-21(19)25(22,26)20-12-6-4-10-18(20)23/h2-13H,1H3/t22?,23-,24+,25?. The van der Waals surface area contributed by atoms with Crippen molar-refractivity contribution >= 4 is 15.9 Å². The Labute approximate surface area is 172 Å². The van der Waals surface area contributed by atoms with Gasteiger partial charge in [0.1, 0.15) is 10.8 Å². The van der Waals surface area contributed by atoms with E-state index in [4.69, 9.17) is 0 Å². The Hall–Kier alpha value is -2.88. The van der Waals surface area contributed by atoms with Crippen molar-refractivity contribution in [3.05, 3.63) is 106 Å². The molecule has 0 N–H and O–H groups in total. The van der Waals surface area contributed by atoms with Gasteiger partial charge in [0.25, 0.3) is 0 Å². The molecule has 0 heterocycles. The summed E-state index contributed by atoms with van der Waals surface area (Å²) in [5.74, 6) is 0. The Kier molecular flexibility index (Phi) is 2.63. The van der Waals surface area contributed by atoms with E-state index >= 15 is 0 Å². The second-order valence-corrected chi connectivity index (χ2v) is 9.33. The predicted octanol–water partition coefficient (Wildman–Crippen LogP) is 5.29. The average molecular weight is 423 g/mol. The molecule has 0 radical (unpaired) electrons. The summed E-state index contributed by atoms with van der Waals surface area (Å²) in [6, 6.07) is 29.9. The number of fused-ring (bicyclic) bond motifs is 9. The molecule has 132 valence electrons. The Balaban J connectivity index is 1.98. The molecule has 3 aromatic carbocycles. The summed E-state index contributed by atoms with van der Waals surface area (Å²) in [6.45, 7) is 2.13. The third kappa shape index (κ3) is 1.15. The summed E-state index contributed by atoms with van der Waals surface area (Å²) in [7, 11) is 0. The molecule has 0 saturated carbocycles. The summed E-state index contributed by atoms with van der Waals surface area (Å²) in [5.41, 5.74) is 3.61. The zero-order valence-electron chi connectivity index (χ0n) is 15.2. The maximum absolute atomic E-state index is 10.8. The third-order valence-electron chi connectivity index (χ3n) is 7.66. The van der Waals surface area contributed by atoms with E-state index in [0.29, 0.717) is 0 Å². The summed E-state index contributed by atoms with van der Waals surface area (Å²) in [4.78, 5) is 0. The Bertz CT molecular complexity index is 1200. The van der Waals surface area contributed by atoms with E-state index in [1.165, 1.54) is 0 Å². The highest BCUT2D eigenvalue weighted by Gasteiger charge is 2.84. The van der Waals surface area contributed by atoms with E-state index in [-0.39, 0.29) is 0 Å². The maximum atomic E-state index is 10.8. The molecule has 0 aliphatic heterocycles. The molecule has 0 bridgehead atoms. The fourth-order valence-corrected chi connectivity index (χ4v) is 7.96. The zero-order valence-corrected chi connectivity index (χ0v) is 16.8. The molecule has 3 aromatic rings. The van der Waals surface area contributed by atoms with Crippen molar-refractivity contribution in [3.63, 3.8) is 0 Å². The van der Waals surface area contributed by atoms with Gasteiger partial charge in [-0.3, -0.25) is 0 Å².